The second kappa shape index (κ2) is 9.70. The van der Waals surface area contributed by atoms with Gasteiger partial charge in [-0.3, -0.25) is 4.79 Å². The van der Waals surface area contributed by atoms with Crippen LogP contribution in [0.5, 0.6) is 5.75 Å². The fourth-order valence-corrected chi connectivity index (χ4v) is 3.37. The van der Waals surface area contributed by atoms with Crippen LogP contribution in [-0.4, -0.2) is 34.0 Å². The van der Waals surface area contributed by atoms with E-state index in [0.717, 1.165) is 22.6 Å². The molecule has 0 unspecified atom stereocenters. The third kappa shape index (κ3) is 5.20. The second-order valence-corrected chi connectivity index (χ2v) is 8.81. The number of carbonyl (C=O) groups excluding carboxylic acids is 1. The van der Waals surface area contributed by atoms with Crippen molar-refractivity contribution < 1.29 is 9.53 Å². The van der Waals surface area contributed by atoms with Gasteiger partial charge in [0.05, 0.1) is 19.0 Å². The Balaban J connectivity index is 1.57. The monoisotopic (exact) mass is 453 g/mol. The average molecular weight is 454 g/mol. The Morgan fingerprint density at radius 2 is 1.65 bits per heavy atom. The molecule has 4 rings (SSSR count). The lowest BCUT2D eigenvalue weighted by atomic mass is 9.87. The Labute approximate surface area is 199 Å². The molecule has 0 atom stereocenters. The highest BCUT2D eigenvalue weighted by Gasteiger charge is 2.18. The fraction of sp³-hybridized carbons (Fsp3) is 0.185. The van der Waals surface area contributed by atoms with E-state index in [-0.39, 0.29) is 11.2 Å². The first-order chi connectivity index (χ1) is 16.3. The van der Waals surface area contributed by atoms with Gasteiger partial charge in [0.2, 0.25) is 5.82 Å². The van der Waals surface area contributed by atoms with Gasteiger partial charge in [-0.25, -0.2) is 15.1 Å². The summed E-state index contributed by atoms with van der Waals surface area (Å²) in [7, 11) is 1.61. The molecule has 0 aliphatic heterocycles. The number of benzene rings is 3. The van der Waals surface area contributed by atoms with Crippen molar-refractivity contribution in [2.45, 2.75) is 26.2 Å². The van der Waals surface area contributed by atoms with Gasteiger partial charge in [0, 0.05) is 5.56 Å². The maximum absolute atomic E-state index is 12.8. The van der Waals surface area contributed by atoms with Crippen molar-refractivity contribution in [1.82, 2.24) is 20.2 Å². The molecule has 0 bridgehead atoms. The number of hydrazone groups is 1. The summed E-state index contributed by atoms with van der Waals surface area (Å²) < 4.78 is 6.88. The zero-order chi connectivity index (χ0) is 24.1. The van der Waals surface area contributed by atoms with Gasteiger partial charge < -0.3 is 4.74 Å². The minimum Gasteiger partial charge on any atom is -0.497 e. The molecule has 1 heterocycles. The third-order valence-electron chi connectivity index (χ3n) is 5.32. The van der Waals surface area contributed by atoms with Crippen molar-refractivity contribution in [2.24, 2.45) is 5.10 Å². The highest BCUT2D eigenvalue weighted by molar-refractivity contribution is 5.92. The Hall–Kier alpha value is -4.26. The lowest BCUT2D eigenvalue weighted by molar-refractivity contribution is 0.0945. The fourth-order valence-electron chi connectivity index (χ4n) is 3.37. The zero-order valence-electron chi connectivity index (χ0n) is 19.7. The van der Waals surface area contributed by atoms with E-state index in [0.29, 0.717) is 5.82 Å². The number of aromatic nitrogens is 3. The van der Waals surface area contributed by atoms with Crippen LogP contribution in [0.15, 0.2) is 84.0 Å². The minimum atomic E-state index is -0.494. The van der Waals surface area contributed by atoms with Crippen LogP contribution in [0.3, 0.4) is 0 Å². The number of hydrogen-bond acceptors (Lipinski definition) is 5. The third-order valence-corrected chi connectivity index (χ3v) is 5.32. The summed E-state index contributed by atoms with van der Waals surface area (Å²) >= 11 is 0. The quantitative estimate of drug-likeness (QED) is 0.329. The van der Waals surface area contributed by atoms with E-state index < -0.39 is 5.91 Å². The van der Waals surface area contributed by atoms with Crippen LogP contribution in [-0.2, 0) is 5.41 Å². The van der Waals surface area contributed by atoms with E-state index in [1.807, 2.05) is 66.7 Å². The van der Waals surface area contributed by atoms with Crippen molar-refractivity contribution in [1.29, 1.82) is 0 Å². The van der Waals surface area contributed by atoms with E-state index in [1.165, 1.54) is 5.56 Å². The summed E-state index contributed by atoms with van der Waals surface area (Å²) in [6.07, 6.45) is 1.60. The van der Waals surface area contributed by atoms with E-state index in [2.05, 4.69) is 53.5 Å². The van der Waals surface area contributed by atoms with Gasteiger partial charge in [-0.1, -0.05) is 75.4 Å². The average Bonchev–Trinajstić information content (AvgIpc) is 3.30. The van der Waals surface area contributed by atoms with Gasteiger partial charge in [-0.05, 0) is 40.8 Å². The molecule has 0 saturated heterocycles. The van der Waals surface area contributed by atoms with Gasteiger partial charge in [0.25, 0.3) is 0 Å². The first kappa shape index (κ1) is 22.9. The SMILES string of the molecule is COc1ccc(-n2nc(C(=O)N/N=C\c3ccc(C(C)(C)C)cc3)nc2-c2ccccc2)cc1. The highest BCUT2D eigenvalue weighted by atomic mass is 16.5. The molecule has 1 aromatic heterocycles. The van der Waals surface area contributed by atoms with Crippen LogP contribution >= 0.6 is 0 Å². The molecular weight excluding hydrogens is 426 g/mol. The predicted molar refractivity (Wildman–Crippen MR) is 134 cm³/mol. The highest BCUT2D eigenvalue weighted by Crippen LogP contribution is 2.23. The van der Waals surface area contributed by atoms with Crippen LogP contribution in [0.1, 0.15) is 42.5 Å². The minimum absolute atomic E-state index is 0.0231. The molecule has 0 spiro atoms. The molecule has 1 N–H and O–H groups in total. The van der Waals surface area contributed by atoms with Crippen molar-refractivity contribution in [3.05, 3.63) is 95.8 Å². The molecule has 0 radical (unpaired) electrons. The number of nitrogens with one attached hydrogen (secondary N) is 1. The second-order valence-electron chi connectivity index (χ2n) is 8.81. The van der Waals surface area contributed by atoms with Crippen molar-refractivity contribution in [3.63, 3.8) is 0 Å². The number of carbonyl (C=O) groups is 1. The number of amides is 1. The Morgan fingerprint density at radius 3 is 2.26 bits per heavy atom. The van der Waals surface area contributed by atoms with Crippen LogP contribution in [0, 0.1) is 0 Å². The lowest BCUT2D eigenvalue weighted by Gasteiger charge is -2.18. The molecule has 34 heavy (non-hydrogen) atoms. The molecule has 172 valence electrons. The molecule has 0 aliphatic rings. The molecule has 0 saturated carbocycles. The van der Waals surface area contributed by atoms with E-state index in [4.69, 9.17) is 4.74 Å². The first-order valence-electron chi connectivity index (χ1n) is 11.0. The molecule has 7 nitrogen and oxygen atoms in total. The number of rotatable bonds is 6. The van der Waals surface area contributed by atoms with E-state index >= 15 is 0 Å². The van der Waals surface area contributed by atoms with Gasteiger partial charge in [-0.2, -0.15) is 5.10 Å². The zero-order valence-corrected chi connectivity index (χ0v) is 19.7. The number of nitrogens with zero attached hydrogens (tertiary/aromatic N) is 4. The summed E-state index contributed by atoms with van der Waals surface area (Å²) in [6, 6.07) is 25.1. The van der Waals surface area contributed by atoms with Crippen LogP contribution in [0.4, 0.5) is 0 Å². The van der Waals surface area contributed by atoms with Crippen LogP contribution in [0.25, 0.3) is 17.1 Å². The van der Waals surface area contributed by atoms with Crippen LogP contribution < -0.4 is 10.2 Å². The molecule has 4 aromatic rings. The summed E-state index contributed by atoms with van der Waals surface area (Å²) in [5.74, 6) is 0.813. The maximum atomic E-state index is 12.8. The summed E-state index contributed by atoms with van der Waals surface area (Å²) in [5.41, 5.74) is 6.32. The smallest absolute Gasteiger partial charge is 0.311 e. The van der Waals surface area contributed by atoms with Crippen molar-refractivity contribution in [3.8, 4) is 22.8 Å². The van der Waals surface area contributed by atoms with Crippen molar-refractivity contribution in [2.75, 3.05) is 7.11 Å². The maximum Gasteiger partial charge on any atom is 0.311 e. The Morgan fingerprint density at radius 1 is 0.971 bits per heavy atom. The summed E-state index contributed by atoms with van der Waals surface area (Å²) in [5, 5.41) is 8.54. The van der Waals surface area contributed by atoms with Gasteiger partial charge in [0.1, 0.15) is 5.75 Å². The largest absolute Gasteiger partial charge is 0.497 e. The number of ether oxygens (including phenoxy) is 1. The predicted octanol–water partition coefficient (Wildman–Crippen LogP) is 5.00. The molecule has 0 aliphatic carbocycles. The topological polar surface area (TPSA) is 81.4 Å². The molecule has 3 aromatic carbocycles. The normalized spacial score (nSPS) is 11.5. The van der Waals surface area contributed by atoms with Gasteiger partial charge in [-0.15, -0.1) is 5.10 Å². The van der Waals surface area contributed by atoms with E-state index in [9.17, 15) is 4.79 Å². The summed E-state index contributed by atoms with van der Waals surface area (Å²) in [6.45, 7) is 6.49. The number of methoxy groups -OCH3 is 1. The van der Waals surface area contributed by atoms with E-state index in [1.54, 1.807) is 18.0 Å². The molecule has 1 amide bonds. The Bertz CT molecular complexity index is 1290. The Kier molecular flexibility index (Phi) is 6.54. The molecule has 0 fully saturated rings. The van der Waals surface area contributed by atoms with Gasteiger partial charge in [0.15, 0.2) is 5.82 Å². The van der Waals surface area contributed by atoms with Crippen LogP contribution in [0.2, 0.25) is 0 Å². The lowest BCUT2D eigenvalue weighted by Crippen LogP contribution is -2.19. The summed E-state index contributed by atoms with van der Waals surface area (Å²) in [4.78, 5) is 17.3. The first-order valence-corrected chi connectivity index (χ1v) is 11.0. The molecular formula is C27H27N5O2. The van der Waals surface area contributed by atoms with Crippen molar-refractivity contribution >= 4 is 12.1 Å². The standard InChI is InChI=1S/C27H27N5O2/c1-27(2,3)21-12-10-19(11-13-21)18-28-30-26(33)24-29-25(20-8-6-5-7-9-20)32(31-24)22-14-16-23(34-4)17-15-22/h5-18H,1-4H3,(H,30,33)/b28-18-. The molecule has 7 heteroatoms. The van der Waals surface area contributed by atoms with Gasteiger partial charge >= 0.3 is 5.91 Å². The number of hydrogen-bond donors (Lipinski definition) is 1.